The Morgan fingerprint density at radius 1 is 1.17 bits per heavy atom. The molecule has 1 N–H and O–H groups in total. The van der Waals surface area contributed by atoms with E-state index in [0.29, 0.717) is 17.9 Å². The third-order valence-electron chi connectivity index (χ3n) is 4.00. The maximum atomic E-state index is 12.6. The van der Waals surface area contributed by atoms with Crippen molar-refractivity contribution in [1.29, 1.82) is 0 Å². The van der Waals surface area contributed by atoms with Gasteiger partial charge in [-0.15, -0.1) is 0 Å². The summed E-state index contributed by atoms with van der Waals surface area (Å²) in [6, 6.07) is 10.6. The number of sulfonamides is 1. The quantitative estimate of drug-likeness (QED) is 0.923. The minimum atomic E-state index is -3.58. The largest absolute Gasteiger partial charge is 0.493 e. The van der Waals surface area contributed by atoms with Gasteiger partial charge in [0.25, 0.3) is 0 Å². The first-order chi connectivity index (χ1) is 11.4. The predicted octanol–water partition coefficient (Wildman–Crippen LogP) is 2.59. The van der Waals surface area contributed by atoms with Gasteiger partial charge in [-0.3, -0.25) is 0 Å². The number of ether oxygens (including phenoxy) is 2. The highest BCUT2D eigenvalue weighted by atomic mass is 32.2. The number of para-hydroxylation sites is 1. The molecule has 2 aromatic rings. The third-order valence-corrected chi connectivity index (χ3v) is 5.50. The van der Waals surface area contributed by atoms with E-state index in [1.165, 1.54) is 0 Å². The molecule has 0 bridgehead atoms. The second-order valence-electron chi connectivity index (χ2n) is 6.11. The van der Waals surface area contributed by atoms with Crippen LogP contribution in [0.3, 0.4) is 0 Å². The molecule has 0 saturated carbocycles. The van der Waals surface area contributed by atoms with Gasteiger partial charge in [0, 0.05) is 0 Å². The van der Waals surface area contributed by atoms with Crippen molar-refractivity contribution in [2.45, 2.75) is 31.2 Å². The second-order valence-corrected chi connectivity index (χ2v) is 7.82. The van der Waals surface area contributed by atoms with E-state index in [4.69, 9.17) is 9.47 Å². The van der Waals surface area contributed by atoms with Crippen molar-refractivity contribution in [2.75, 3.05) is 13.7 Å². The summed E-state index contributed by atoms with van der Waals surface area (Å²) in [7, 11) is -1.99. The zero-order valence-corrected chi connectivity index (χ0v) is 14.8. The fourth-order valence-corrected chi connectivity index (χ4v) is 4.41. The van der Waals surface area contributed by atoms with Crippen LogP contribution >= 0.6 is 0 Å². The number of hydrogen-bond acceptors (Lipinski definition) is 4. The van der Waals surface area contributed by atoms with Gasteiger partial charge in [-0.2, -0.15) is 0 Å². The van der Waals surface area contributed by atoms with Gasteiger partial charge in [-0.25, -0.2) is 13.1 Å². The SMILES string of the molecule is COc1cccc2c1OC[C@H](NS(=O)(=O)c1cc(C)cc(C)c1)C2. The highest BCUT2D eigenvalue weighted by Crippen LogP contribution is 2.34. The maximum absolute atomic E-state index is 12.6. The van der Waals surface area contributed by atoms with Crippen molar-refractivity contribution >= 4 is 10.0 Å². The summed E-state index contributed by atoms with van der Waals surface area (Å²) in [6.45, 7) is 4.05. The van der Waals surface area contributed by atoms with Gasteiger partial charge >= 0.3 is 0 Å². The molecule has 0 aliphatic carbocycles. The summed E-state index contributed by atoms with van der Waals surface area (Å²) in [5, 5.41) is 0. The van der Waals surface area contributed by atoms with Crippen LogP contribution in [0, 0.1) is 13.8 Å². The molecule has 24 heavy (non-hydrogen) atoms. The zero-order chi connectivity index (χ0) is 17.3. The van der Waals surface area contributed by atoms with Crippen LogP contribution < -0.4 is 14.2 Å². The molecule has 0 unspecified atom stereocenters. The van der Waals surface area contributed by atoms with Gasteiger partial charge in [-0.1, -0.05) is 18.2 Å². The second kappa shape index (κ2) is 6.45. The summed E-state index contributed by atoms with van der Waals surface area (Å²) in [6.07, 6.45) is 0.566. The summed E-state index contributed by atoms with van der Waals surface area (Å²) < 4.78 is 39.1. The number of rotatable bonds is 4. The number of hydrogen-bond donors (Lipinski definition) is 1. The predicted molar refractivity (Wildman–Crippen MR) is 92.2 cm³/mol. The molecule has 0 fully saturated rings. The molecule has 0 amide bonds. The molecule has 0 saturated heterocycles. The fraction of sp³-hybridized carbons (Fsp3) is 0.333. The lowest BCUT2D eigenvalue weighted by Crippen LogP contribution is -2.42. The first-order valence-corrected chi connectivity index (χ1v) is 9.26. The number of nitrogens with one attached hydrogen (secondary N) is 1. The van der Waals surface area contributed by atoms with Gasteiger partial charge in [-0.05, 0) is 55.2 Å². The molecular weight excluding hydrogens is 326 g/mol. The molecule has 6 heteroatoms. The Morgan fingerprint density at radius 3 is 2.54 bits per heavy atom. The Bertz CT molecular complexity index is 841. The van der Waals surface area contributed by atoms with E-state index in [-0.39, 0.29) is 17.5 Å². The minimum absolute atomic E-state index is 0.275. The van der Waals surface area contributed by atoms with Crippen LogP contribution in [0.15, 0.2) is 41.3 Å². The van der Waals surface area contributed by atoms with Gasteiger partial charge in [0.15, 0.2) is 11.5 Å². The lowest BCUT2D eigenvalue weighted by atomic mass is 10.0. The number of aryl methyl sites for hydroxylation is 2. The van der Waals surface area contributed by atoms with Crippen molar-refractivity contribution in [1.82, 2.24) is 4.72 Å². The van der Waals surface area contributed by atoms with Gasteiger partial charge in [0.2, 0.25) is 10.0 Å². The first-order valence-electron chi connectivity index (χ1n) is 7.78. The van der Waals surface area contributed by atoms with E-state index >= 15 is 0 Å². The molecule has 1 aliphatic rings. The van der Waals surface area contributed by atoms with Crippen LogP contribution in [0.25, 0.3) is 0 Å². The summed E-state index contributed by atoms with van der Waals surface area (Å²) >= 11 is 0. The molecule has 2 aromatic carbocycles. The third kappa shape index (κ3) is 3.39. The lowest BCUT2D eigenvalue weighted by molar-refractivity contribution is 0.240. The Hall–Kier alpha value is -2.05. The molecule has 1 atom stereocenters. The highest BCUT2D eigenvalue weighted by molar-refractivity contribution is 7.89. The average molecular weight is 347 g/mol. The van der Waals surface area contributed by atoms with Gasteiger partial charge in [0.1, 0.15) is 6.61 Å². The van der Waals surface area contributed by atoms with E-state index in [1.54, 1.807) is 19.2 Å². The zero-order valence-electron chi connectivity index (χ0n) is 14.0. The molecule has 128 valence electrons. The molecule has 3 rings (SSSR count). The smallest absolute Gasteiger partial charge is 0.240 e. The monoisotopic (exact) mass is 347 g/mol. The van der Waals surface area contributed by atoms with E-state index in [2.05, 4.69) is 4.72 Å². The Balaban J connectivity index is 1.81. The van der Waals surface area contributed by atoms with E-state index < -0.39 is 10.0 Å². The highest BCUT2D eigenvalue weighted by Gasteiger charge is 2.27. The molecule has 0 spiro atoms. The Morgan fingerprint density at radius 2 is 1.88 bits per heavy atom. The van der Waals surface area contributed by atoms with Gasteiger partial charge < -0.3 is 9.47 Å². The molecule has 5 nitrogen and oxygen atoms in total. The molecular formula is C18H21NO4S. The van der Waals surface area contributed by atoms with Crippen LogP contribution in [0.5, 0.6) is 11.5 Å². The Labute approximate surface area is 142 Å². The average Bonchev–Trinajstić information content (AvgIpc) is 2.52. The Kier molecular flexibility index (Phi) is 4.51. The normalized spacial score (nSPS) is 17.0. The van der Waals surface area contributed by atoms with Crippen LogP contribution in [-0.4, -0.2) is 28.2 Å². The molecule has 1 heterocycles. The maximum Gasteiger partial charge on any atom is 0.240 e. The summed E-state index contributed by atoms with van der Waals surface area (Å²) in [5.74, 6) is 1.37. The van der Waals surface area contributed by atoms with Crippen LogP contribution in [0.1, 0.15) is 16.7 Å². The van der Waals surface area contributed by atoms with Crippen molar-refractivity contribution in [3.63, 3.8) is 0 Å². The van der Waals surface area contributed by atoms with Crippen LogP contribution in [0.2, 0.25) is 0 Å². The van der Waals surface area contributed by atoms with E-state index in [9.17, 15) is 8.42 Å². The standard InChI is InChI=1S/C18H21NO4S/c1-12-7-13(2)9-16(8-12)24(20,21)19-15-10-14-5-4-6-17(22-3)18(14)23-11-15/h4-9,15,19H,10-11H2,1-3H3/t15-/m1/s1. The minimum Gasteiger partial charge on any atom is -0.493 e. The van der Waals surface area contributed by atoms with E-state index in [1.807, 2.05) is 38.1 Å². The van der Waals surface area contributed by atoms with Gasteiger partial charge in [0.05, 0.1) is 18.0 Å². The summed E-state index contributed by atoms with van der Waals surface area (Å²) in [5.41, 5.74) is 2.78. The first kappa shape index (κ1) is 16.8. The van der Waals surface area contributed by atoms with Crippen LogP contribution in [0.4, 0.5) is 0 Å². The molecule has 0 radical (unpaired) electrons. The number of fused-ring (bicyclic) bond motifs is 1. The van der Waals surface area contributed by atoms with Crippen molar-refractivity contribution in [2.24, 2.45) is 0 Å². The van der Waals surface area contributed by atoms with Crippen molar-refractivity contribution in [3.05, 3.63) is 53.1 Å². The number of benzene rings is 2. The number of methoxy groups -OCH3 is 1. The summed E-state index contributed by atoms with van der Waals surface area (Å²) in [4.78, 5) is 0.288. The molecule has 1 aliphatic heterocycles. The topological polar surface area (TPSA) is 64.6 Å². The van der Waals surface area contributed by atoms with Crippen molar-refractivity contribution < 1.29 is 17.9 Å². The fourth-order valence-electron chi connectivity index (χ4n) is 3.01. The van der Waals surface area contributed by atoms with Crippen molar-refractivity contribution in [3.8, 4) is 11.5 Å². The molecule has 0 aromatic heterocycles. The lowest BCUT2D eigenvalue weighted by Gasteiger charge is -2.27. The van der Waals surface area contributed by atoms with E-state index in [0.717, 1.165) is 16.7 Å². The van der Waals surface area contributed by atoms with Crippen LogP contribution in [-0.2, 0) is 16.4 Å².